The Balaban J connectivity index is 1.37. The van der Waals surface area contributed by atoms with Crippen LogP contribution in [0, 0.1) is 11.8 Å². The van der Waals surface area contributed by atoms with Gasteiger partial charge < -0.3 is 9.84 Å². The highest BCUT2D eigenvalue weighted by molar-refractivity contribution is 6.13. The second-order valence-corrected chi connectivity index (χ2v) is 10.2. The quantitative estimate of drug-likeness (QED) is 0.402. The number of nitrogens with zero attached hydrogens (tertiary/aromatic N) is 3. The number of ether oxygens (including phenoxy) is 1. The summed E-state index contributed by atoms with van der Waals surface area (Å²) in [5.74, 6) is 6.02. The lowest BCUT2D eigenvalue weighted by molar-refractivity contribution is -0.120. The molecular weight excluding hydrogens is 478 g/mol. The van der Waals surface area contributed by atoms with E-state index in [2.05, 4.69) is 16.7 Å². The van der Waals surface area contributed by atoms with Crippen LogP contribution in [0.3, 0.4) is 0 Å². The van der Waals surface area contributed by atoms with E-state index < -0.39 is 11.7 Å². The Bertz CT molecular complexity index is 1140. The van der Waals surface area contributed by atoms with Gasteiger partial charge in [-0.25, -0.2) is 10.0 Å². The van der Waals surface area contributed by atoms with Crippen LogP contribution in [0.5, 0.6) is 0 Å². The molecule has 2 aromatic rings. The summed E-state index contributed by atoms with van der Waals surface area (Å²) >= 11 is 0. The molecule has 0 spiro atoms. The number of hydrazine groups is 1. The van der Waals surface area contributed by atoms with E-state index in [1.165, 1.54) is 13.3 Å². The molecule has 1 aliphatic carbocycles. The van der Waals surface area contributed by atoms with Crippen LogP contribution in [-0.2, 0) is 9.53 Å². The fraction of sp³-hybridized carbons (Fsp3) is 0.484. The fourth-order valence-corrected chi connectivity index (χ4v) is 5.50. The Hall–Kier alpha value is -3.02. The predicted octanol–water partition coefficient (Wildman–Crippen LogP) is 3.91. The van der Waals surface area contributed by atoms with Gasteiger partial charge in [-0.1, -0.05) is 54.8 Å². The molecule has 1 aliphatic heterocycles. The van der Waals surface area contributed by atoms with Crippen molar-refractivity contribution in [3.05, 3.63) is 65.7 Å². The number of rotatable bonds is 9. The van der Waals surface area contributed by atoms with Gasteiger partial charge in [-0.2, -0.15) is 0 Å². The number of aliphatic hydroxyl groups excluding tert-OH is 1. The average Bonchev–Trinajstić information content (AvgIpc) is 2.94. The van der Waals surface area contributed by atoms with E-state index >= 15 is 0 Å². The van der Waals surface area contributed by atoms with Gasteiger partial charge in [0.2, 0.25) is 5.91 Å². The summed E-state index contributed by atoms with van der Waals surface area (Å²) < 4.78 is 6.19. The smallest absolute Gasteiger partial charge is 0.238 e. The first-order valence-corrected chi connectivity index (χ1v) is 13.6. The molecule has 7 nitrogen and oxygen atoms in total. The number of carbonyl (C=O) groups is 2. The van der Waals surface area contributed by atoms with Crippen molar-refractivity contribution in [2.45, 2.75) is 57.7 Å². The maximum atomic E-state index is 13.3. The molecule has 0 aromatic heterocycles. The number of benzene rings is 2. The number of anilines is 1. The SMILES string of the molecule is CC#CC1(OCC(O)CN2CCN(N(C(C)=O)c3ccccc3C(=O)c3ccccc3)CC2)CCCCC1. The monoisotopic (exact) mass is 517 g/mol. The number of aliphatic hydroxyl groups is 1. The number of hydrogen-bond donors (Lipinski definition) is 1. The van der Waals surface area contributed by atoms with Crippen molar-refractivity contribution in [1.29, 1.82) is 0 Å². The Labute approximate surface area is 226 Å². The maximum Gasteiger partial charge on any atom is 0.238 e. The molecule has 0 bridgehead atoms. The van der Waals surface area contributed by atoms with E-state index in [1.54, 1.807) is 23.2 Å². The van der Waals surface area contributed by atoms with E-state index in [9.17, 15) is 14.7 Å². The van der Waals surface area contributed by atoms with Gasteiger partial charge in [-0.05, 0) is 44.7 Å². The molecular formula is C31H39N3O4. The van der Waals surface area contributed by atoms with E-state index in [-0.39, 0.29) is 18.3 Å². The number of para-hydroxylation sites is 1. The highest BCUT2D eigenvalue weighted by Gasteiger charge is 2.33. The standard InChI is InChI=1S/C31H39N3O4/c1-3-16-31(17-10-5-11-18-31)38-24-27(36)23-32-19-21-33(22-20-32)34(25(2)35)29-15-9-8-14-28(29)30(37)26-12-6-4-7-13-26/h4,6-9,12-15,27,36H,5,10-11,17-24H2,1-2H3. The largest absolute Gasteiger partial charge is 0.389 e. The lowest BCUT2D eigenvalue weighted by atomic mass is 9.85. The molecule has 202 valence electrons. The zero-order valence-corrected chi connectivity index (χ0v) is 22.6. The van der Waals surface area contributed by atoms with Gasteiger partial charge in [0.25, 0.3) is 0 Å². The summed E-state index contributed by atoms with van der Waals surface area (Å²) in [6.45, 7) is 6.73. The lowest BCUT2D eigenvalue weighted by Crippen LogP contribution is -2.56. The number of hydrogen-bond acceptors (Lipinski definition) is 6. The molecule has 2 fully saturated rings. The fourth-order valence-electron chi connectivity index (χ4n) is 5.50. The topological polar surface area (TPSA) is 73.3 Å². The molecule has 1 heterocycles. The summed E-state index contributed by atoms with van der Waals surface area (Å²) in [6.07, 6.45) is 4.68. The van der Waals surface area contributed by atoms with E-state index in [4.69, 9.17) is 4.74 Å². The molecule has 7 heteroatoms. The summed E-state index contributed by atoms with van der Waals surface area (Å²) in [4.78, 5) is 28.3. The molecule has 1 amide bonds. The highest BCUT2D eigenvalue weighted by atomic mass is 16.5. The van der Waals surface area contributed by atoms with Crippen LogP contribution >= 0.6 is 0 Å². The van der Waals surface area contributed by atoms with Gasteiger partial charge >= 0.3 is 0 Å². The summed E-state index contributed by atoms with van der Waals surface area (Å²) in [5.41, 5.74) is 1.25. The maximum absolute atomic E-state index is 13.3. The highest BCUT2D eigenvalue weighted by Crippen LogP contribution is 2.31. The molecule has 1 saturated heterocycles. The second kappa shape index (κ2) is 13.2. The molecule has 1 atom stereocenters. The third kappa shape index (κ3) is 6.89. The average molecular weight is 518 g/mol. The van der Waals surface area contributed by atoms with Gasteiger partial charge in [0.05, 0.1) is 18.4 Å². The van der Waals surface area contributed by atoms with Crippen molar-refractivity contribution < 1.29 is 19.4 Å². The minimum atomic E-state index is -0.605. The summed E-state index contributed by atoms with van der Waals surface area (Å²) in [6, 6.07) is 16.4. The summed E-state index contributed by atoms with van der Waals surface area (Å²) in [7, 11) is 0. The molecule has 1 saturated carbocycles. The third-order valence-electron chi connectivity index (χ3n) is 7.38. The van der Waals surface area contributed by atoms with Crippen molar-refractivity contribution in [3.8, 4) is 11.8 Å². The molecule has 2 aromatic carbocycles. The van der Waals surface area contributed by atoms with Gasteiger partial charge in [-0.3, -0.25) is 14.5 Å². The number of β-amino-alcohol motifs (C(OH)–C–C–N with tert-alkyl or cyclic N) is 1. The van der Waals surface area contributed by atoms with Crippen LogP contribution in [0.4, 0.5) is 5.69 Å². The van der Waals surface area contributed by atoms with E-state index in [1.807, 2.05) is 48.3 Å². The van der Waals surface area contributed by atoms with E-state index in [0.29, 0.717) is 49.5 Å². The van der Waals surface area contributed by atoms with Crippen molar-refractivity contribution >= 4 is 17.4 Å². The number of ketones is 1. The Morgan fingerprint density at radius 3 is 2.32 bits per heavy atom. The summed E-state index contributed by atoms with van der Waals surface area (Å²) in [5, 5.41) is 14.4. The van der Waals surface area contributed by atoms with Crippen LogP contribution in [0.25, 0.3) is 0 Å². The van der Waals surface area contributed by atoms with Crippen LogP contribution in [-0.4, -0.2) is 77.7 Å². The van der Waals surface area contributed by atoms with Crippen LogP contribution in [0.15, 0.2) is 54.6 Å². The molecule has 1 N–H and O–H groups in total. The second-order valence-electron chi connectivity index (χ2n) is 10.2. The molecule has 0 radical (unpaired) electrons. The number of amides is 1. The Morgan fingerprint density at radius 2 is 1.66 bits per heavy atom. The number of piperazine rings is 1. The van der Waals surface area contributed by atoms with Crippen LogP contribution < -0.4 is 5.01 Å². The van der Waals surface area contributed by atoms with Gasteiger partial charge in [0, 0.05) is 50.8 Å². The van der Waals surface area contributed by atoms with Gasteiger partial charge in [0.1, 0.15) is 5.60 Å². The minimum absolute atomic E-state index is 0.113. The third-order valence-corrected chi connectivity index (χ3v) is 7.38. The Morgan fingerprint density at radius 1 is 1.00 bits per heavy atom. The first-order valence-electron chi connectivity index (χ1n) is 13.6. The lowest BCUT2D eigenvalue weighted by Gasteiger charge is -2.41. The van der Waals surface area contributed by atoms with Crippen molar-refractivity contribution in [1.82, 2.24) is 9.91 Å². The van der Waals surface area contributed by atoms with Crippen molar-refractivity contribution in [2.75, 3.05) is 44.3 Å². The van der Waals surface area contributed by atoms with Crippen molar-refractivity contribution in [3.63, 3.8) is 0 Å². The zero-order valence-electron chi connectivity index (χ0n) is 22.6. The van der Waals surface area contributed by atoms with E-state index in [0.717, 1.165) is 25.7 Å². The molecule has 1 unspecified atom stereocenters. The zero-order chi connectivity index (χ0) is 27.0. The minimum Gasteiger partial charge on any atom is -0.389 e. The van der Waals surface area contributed by atoms with Crippen LogP contribution in [0.1, 0.15) is 61.9 Å². The predicted molar refractivity (Wildman–Crippen MR) is 149 cm³/mol. The molecule has 4 rings (SSSR count). The van der Waals surface area contributed by atoms with Crippen molar-refractivity contribution in [2.24, 2.45) is 0 Å². The first-order chi connectivity index (χ1) is 18.4. The normalized spacial score (nSPS) is 18.7. The first kappa shape index (κ1) is 28.0. The Kier molecular flexibility index (Phi) is 9.70. The number of carbonyl (C=O) groups excluding carboxylic acids is 2. The van der Waals surface area contributed by atoms with Crippen LogP contribution in [0.2, 0.25) is 0 Å². The van der Waals surface area contributed by atoms with Gasteiger partial charge in [0.15, 0.2) is 5.78 Å². The van der Waals surface area contributed by atoms with Gasteiger partial charge in [-0.15, -0.1) is 5.92 Å². The molecule has 2 aliphatic rings. The molecule has 38 heavy (non-hydrogen) atoms.